The van der Waals surface area contributed by atoms with E-state index in [4.69, 9.17) is 10.2 Å². The molecule has 1 aromatic carbocycles. The number of carboxylic acid groups (broad SMARTS) is 2. The fraction of sp³-hybridized carbons (Fsp3) is 0.500. The number of aryl methyl sites for hydroxylation is 1. The van der Waals surface area contributed by atoms with Crippen molar-refractivity contribution in [3.8, 4) is 0 Å². The topological polar surface area (TPSA) is 74.6 Å². The van der Waals surface area contributed by atoms with Crippen LogP contribution in [0, 0.1) is 6.07 Å². The molecule has 4 nitrogen and oxygen atoms in total. The van der Waals surface area contributed by atoms with Crippen molar-refractivity contribution in [3.05, 3.63) is 35.9 Å². The molecule has 112 valence electrons. The van der Waals surface area contributed by atoms with Crippen molar-refractivity contribution in [2.24, 2.45) is 0 Å². The third kappa shape index (κ3) is 17.1. The van der Waals surface area contributed by atoms with E-state index in [1.807, 2.05) is 12.1 Å². The van der Waals surface area contributed by atoms with Gasteiger partial charge in [0.15, 0.2) is 0 Å². The van der Waals surface area contributed by atoms with Gasteiger partial charge in [0.25, 0.3) is 0 Å². The molecule has 0 heterocycles. The molecule has 0 amide bonds. The standard InChI is InChI=1S/C13H19.C3H4O4.Na/c1-2-3-4-5-7-10-13-11-8-6-9-12-13;4-2(5)1-3(6)7;/h6,8-9,11H,2-5,7,10H2,1H3;1H2,(H,4,5)(H,6,7);/q-1;;+1. The summed E-state index contributed by atoms with van der Waals surface area (Å²) in [7, 11) is 0. The van der Waals surface area contributed by atoms with Crippen molar-refractivity contribution in [1.82, 2.24) is 0 Å². The van der Waals surface area contributed by atoms with Crippen molar-refractivity contribution in [2.75, 3.05) is 0 Å². The Labute approximate surface area is 148 Å². The number of carboxylic acids is 2. The van der Waals surface area contributed by atoms with Gasteiger partial charge in [-0.1, -0.05) is 45.4 Å². The van der Waals surface area contributed by atoms with Gasteiger partial charge >= 0.3 is 41.5 Å². The number of aliphatic carboxylic acids is 2. The minimum Gasteiger partial charge on any atom is -0.481 e. The van der Waals surface area contributed by atoms with Crippen LogP contribution in [0.1, 0.15) is 51.0 Å². The summed E-state index contributed by atoms with van der Waals surface area (Å²) in [5.41, 5.74) is 1.36. The first kappa shape index (κ1) is 22.4. The SMILES string of the molecule is CCCCCCCc1[c-]cccc1.O=C(O)CC(=O)O.[Na+]. The molecule has 0 bridgehead atoms. The Balaban J connectivity index is 0. The van der Waals surface area contributed by atoms with Gasteiger partial charge in [-0.25, -0.2) is 0 Å². The maximum Gasteiger partial charge on any atom is 1.00 e. The molecule has 21 heavy (non-hydrogen) atoms. The molecule has 0 unspecified atom stereocenters. The second kappa shape index (κ2) is 15.5. The predicted molar refractivity (Wildman–Crippen MR) is 77.6 cm³/mol. The van der Waals surface area contributed by atoms with Gasteiger partial charge in [-0.3, -0.25) is 9.59 Å². The fourth-order valence-corrected chi connectivity index (χ4v) is 1.63. The van der Waals surface area contributed by atoms with Crippen LogP contribution in [0.5, 0.6) is 0 Å². The first-order valence-corrected chi connectivity index (χ1v) is 6.95. The average Bonchev–Trinajstić information content (AvgIpc) is 2.39. The largest absolute Gasteiger partial charge is 1.00 e. The number of benzene rings is 1. The average molecular weight is 302 g/mol. The van der Waals surface area contributed by atoms with E-state index in [0.717, 1.165) is 0 Å². The summed E-state index contributed by atoms with van der Waals surface area (Å²) >= 11 is 0. The van der Waals surface area contributed by atoms with Crippen LogP contribution >= 0.6 is 0 Å². The quantitative estimate of drug-likeness (QED) is 0.318. The van der Waals surface area contributed by atoms with Gasteiger partial charge < -0.3 is 10.2 Å². The molecular weight excluding hydrogens is 279 g/mol. The van der Waals surface area contributed by atoms with Crippen LogP contribution in [0.4, 0.5) is 0 Å². The summed E-state index contributed by atoms with van der Waals surface area (Å²) in [5, 5.41) is 15.4. The van der Waals surface area contributed by atoms with Gasteiger partial charge in [0.05, 0.1) is 0 Å². The third-order valence-corrected chi connectivity index (χ3v) is 2.63. The van der Waals surface area contributed by atoms with E-state index < -0.39 is 18.4 Å². The van der Waals surface area contributed by atoms with Crippen LogP contribution in [0.15, 0.2) is 24.3 Å². The van der Waals surface area contributed by atoms with E-state index in [1.165, 1.54) is 44.1 Å². The molecule has 2 N–H and O–H groups in total. The molecule has 0 spiro atoms. The Bertz CT molecular complexity index is 367. The van der Waals surface area contributed by atoms with Gasteiger partial charge in [0.1, 0.15) is 6.42 Å². The zero-order valence-corrected chi connectivity index (χ0v) is 15.0. The summed E-state index contributed by atoms with van der Waals surface area (Å²) in [6.07, 6.45) is 7.20. The zero-order valence-electron chi connectivity index (χ0n) is 13.0. The van der Waals surface area contributed by atoms with E-state index in [2.05, 4.69) is 25.1 Å². The third-order valence-electron chi connectivity index (χ3n) is 2.63. The summed E-state index contributed by atoms with van der Waals surface area (Å²) in [6.45, 7) is 2.25. The van der Waals surface area contributed by atoms with E-state index in [0.29, 0.717) is 0 Å². The predicted octanol–water partition coefficient (Wildman–Crippen LogP) is 0.549. The summed E-state index contributed by atoms with van der Waals surface area (Å²) < 4.78 is 0. The van der Waals surface area contributed by atoms with E-state index in [9.17, 15) is 9.59 Å². The normalized spacial score (nSPS) is 9.00. The number of unbranched alkanes of at least 4 members (excludes halogenated alkanes) is 4. The molecule has 0 fully saturated rings. The van der Waals surface area contributed by atoms with Crippen molar-refractivity contribution < 1.29 is 49.4 Å². The van der Waals surface area contributed by atoms with Crippen LogP contribution in [-0.4, -0.2) is 22.2 Å². The number of rotatable bonds is 8. The molecule has 0 saturated heterocycles. The molecule has 0 aliphatic rings. The monoisotopic (exact) mass is 302 g/mol. The van der Waals surface area contributed by atoms with Gasteiger partial charge in [0, 0.05) is 0 Å². The minimum absolute atomic E-state index is 0. The Hall–Kier alpha value is -0.840. The summed E-state index contributed by atoms with van der Waals surface area (Å²) in [5.74, 6) is -2.62. The number of carbonyl (C=O) groups is 2. The Morgan fingerprint density at radius 1 is 1.05 bits per heavy atom. The maximum absolute atomic E-state index is 9.43. The first-order valence-electron chi connectivity index (χ1n) is 6.95. The number of hydrogen-bond acceptors (Lipinski definition) is 2. The molecular formula is C16H23NaO4. The van der Waals surface area contributed by atoms with Crippen LogP contribution in [0.25, 0.3) is 0 Å². The van der Waals surface area contributed by atoms with Crippen LogP contribution in [0.3, 0.4) is 0 Å². The summed E-state index contributed by atoms with van der Waals surface area (Å²) in [4.78, 5) is 18.9. The van der Waals surface area contributed by atoms with Crippen LogP contribution in [0.2, 0.25) is 0 Å². The van der Waals surface area contributed by atoms with Gasteiger partial charge in [-0.05, 0) is 0 Å². The van der Waals surface area contributed by atoms with Crippen LogP contribution in [-0.2, 0) is 16.0 Å². The van der Waals surface area contributed by atoms with Gasteiger partial charge in [0.2, 0.25) is 0 Å². The molecule has 1 aromatic rings. The first-order chi connectivity index (χ1) is 9.56. The molecule has 0 aromatic heterocycles. The molecule has 1 rings (SSSR count). The molecule has 0 radical (unpaired) electrons. The Kier molecular flexibility index (Phi) is 16.6. The minimum atomic E-state index is -1.31. The van der Waals surface area contributed by atoms with Crippen molar-refractivity contribution >= 4 is 11.9 Å². The second-order valence-electron chi connectivity index (χ2n) is 4.52. The fourth-order valence-electron chi connectivity index (χ4n) is 1.63. The van der Waals surface area contributed by atoms with Gasteiger partial charge in [-0.15, -0.1) is 0 Å². The van der Waals surface area contributed by atoms with Crippen LogP contribution < -0.4 is 29.6 Å². The summed E-state index contributed by atoms with van der Waals surface area (Å²) in [6, 6.07) is 11.6. The second-order valence-corrected chi connectivity index (χ2v) is 4.52. The van der Waals surface area contributed by atoms with E-state index in [-0.39, 0.29) is 29.6 Å². The van der Waals surface area contributed by atoms with E-state index in [1.54, 1.807) is 0 Å². The molecule has 0 aliphatic carbocycles. The van der Waals surface area contributed by atoms with Crippen molar-refractivity contribution in [2.45, 2.75) is 51.9 Å². The molecule has 5 heteroatoms. The number of hydrogen-bond donors (Lipinski definition) is 2. The molecule has 0 aliphatic heterocycles. The van der Waals surface area contributed by atoms with Crippen molar-refractivity contribution in [1.29, 1.82) is 0 Å². The van der Waals surface area contributed by atoms with Gasteiger partial charge in [-0.2, -0.15) is 35.9 Å². The smallest absolute Gasteiger partial charge is 0.481 e. The molecule has 0 saturated carbocycles. The zero-order chi connectivity index (χ0) is 15.2. The van der Waals surface area contributed by atoms with Crippen molar-refractivity contribution in [3.63, 3.8) is 0 Å². The Morgan fingerprint density at radius 3 is 2.10 bits per heavy atom. The maximum atomic E-state index is 9.43. The molecule has 0 atom stereocenters. The Morgan fingerprint density at radius 2 is 1.67 bits per heavy atom. The van der Waals surface area contributed by atoms with E-state index >= 15 is 0 Å².